The van der Waals surface area contributed by atoms with Crippen LogP contribution in [-0.2, 0) is 20.4 Å². The van der Waals surface area contributed by atoms with Gasteiger partial charge in [-0.2, -0.15) is 11.8 Å². The predicted octanol–water partition coefficient (Wildman–Crippen LogP) is 7.04. The van der Waals surface area contributed by atoms with Gasteiger partial charge in [-0.3, -0.25) is 4.79 Å². The Hall–Kier alpha value is -3.55. The van der Waals surface area contributed by atoms with Gasteiger partial charge in [0.25, 0.3) is 0 Å². The van der Waals surface area contributed by atoms with Gasteiger partial charge in [0.15, 0.2) is 0 Å². The fourth-order valence-corrected chi connectivity index (χ4v) is 6.51. The summed E-state index contributed by atoms with van der Waals surface area (Å²) < 4.78 is 32.8. The lowest BCUT2D eigenvalue weighted by Crippen LogP contribution is -2.11. The van der Waals surface area contributed by atoms with E-state index in [2.05, 4.69) is 0 Å². The molecule has 5 aromatic rings. The normalized spacial score (nSPS) is 12.7. The molecule has 0 amide bonds. The third-order valence-corrected chi connectivity index (χ3v) is 9.19. The molecule has 1 heterocycles. The molecule has 0 aliphatic rings. The van der Waals surface area contributed by atoms with Crippen molar-refractivity contribution >= 4 is 49.5 Å². The van der Waals surface area contributed by atoms with Crippen molar-refractivity contribution in [2.75, 3.05) is 5.75 Å². The van der Waals surface area contributed by atoms with Crippen molar-refractivity contribution in [3.8, 4) is 11.1 Å². The first kappa shape index (κ1) is 24.2. The molecule has 7 heteroatoms. The van der Waals surface area contributed by atoms with Crippen molar-refractivity contribution in [3.05, 3.63) is 96.6 Å². The van der Waals surface area contributed by atoms with Crippen LogP contribution in [-0.4, -0.2) is 25.2 Å². The second kappa shape index (κ2) is 9.84. The minimum Gasteiger partial charge on any atom is -0.481 e. The Balaban J connectivity index is 1.41. The van der Waals surface area contributed by atoms with Crippen LogP contribution in [0.2, 0.25) is 0 Å². The number of fused-ring (bicyclic) bond motifs is 3. The average molecular weight is 517 g/mol. The zero-order valence-electron chi connectivity index (χ0n) is 19.5. The molecule has 36 heavy (non-hydrogen) atoms. The number of carbonyl (C=O) groups is 1. The number of benzene rings is 4. The Bertz CT molecular complexity index is 1670. The molecule has 4 aromatic carbocycles. The molecule has 1 atom stereocenters. The number of thioether (sulfide) groups is 1. The first-order valence-electron chi connectivity index (χ1n) is 11.5. The van der Waals surface area contributed by atoms with Gasteiger partial charge in [-0.15, -0.1) is 0 Å². The highest BCUT2D eigenvalue weighted by molar-refractivity contribution is 7.98. The minimum absolute atomic E-state index is 0.215. The van der Waals surface area contributed by atoms with E-state index in [-0.39, 0.29) is 9.79 Å². The van der Waals surface area contributed by atoms with E-state index < -0.39 is 21.7 Å². The summed E-state index contributed by atoms with van der Waals surface area (Å²) in [5, 5.41) is 11.1. The highest BCUT2D eigenvalue weighted by Crippen LogP contribution is 2.36. The summed E-state index contributed by atoms with van der Waals surface area (Å²) in [7, 11) is -3.71. The molecule has 0 spiro atoms. The van der Waals surface area contributed by atoms with E-state index in [9.17, 15) is 13.2 Å². The van der Waals surface area contributed by atoms with Crippen molar-refractivity contribution in [3.63, 3.8) is 0 Å². The number of hydrogen-bond donors (Lipinski definition) is 1. The lowest BCUT2D eigenvalue weighted by atomic mass is 10.0. The van der Waals surface area contributed by atoms with Crippen molar-refractivity contribution in [1.82, 2.24) is 0 Å². The maximum atomic E-state index is 13.3. The van der Waals surface area contributed by atoms with E-state index >= 15 is 0 Å². The summed E-state index contributed by atoms with van der Waals surface area (Å²) in [6, 6.07) is 27.6. The molecular weight excluding hydrogens is 492 g/mol. The maximum absolute atomic E-state index is 13.3. The lowest BCUT2D eigenvalue weighted by Gasteiger charge is -2.09. The maximum Gasteiger partial charge on any atom is 0.307 e. The molecule has 0 aliphatic heterocycles. The molecule has 182 valence electrons. The molecule has 0 radical (unpaired) electrons. The molecule has 0 saturated carbocycles. The summed E-state index contributed by atoms with van der Waals surface area (Å²) >= 11 is 1.48. The molecule has 0 bridgehead atoms. The predicted molar refractivity (Wildman–Crippen MR) is 144 cm³/mol. The van der Waals surface area contributed by atoms with Gasteiger partial charge >= 0.3 is 5.97 Å². The average Bonchev–Trinajstić information content (AvgIpc) is 3.28. The molecule has 0 aliphatic carbocycles. The van der Waals surface area contributed by atoms with Crippen LogP contribution < -0.4 is 0 Å². The molecule has 1 N–H and O–H groups in total. The van der Waals surface area contributed by atoms with Gasteiger partial charge in [0.2, 0.25) is 9.84 Å². The van der Waals surface area contributed by atoms with Crippen LogP contribution in [0, 0.1) is 5.92 Å². The highest BCUT2D eigenvalue weighted by atomic mass is 32.2. The number of para-hydroxylation sites is 2. The number of carboxylic acids is 1. The summed E-state index contributed by atoms with van der Waals surface area (Å²) in [5.74, 6) is -0.280. The van der Waals surface area contributed by atoms with E-state index in [0.29, 0.717) is 11.5 Å². The fraction of sp³-hybridized carbons (Fsp3) is 0.138. The lowest BCUT2D eigenvalue weighted by molar-refractivity contribution is -0.140. The van der Waals surface area contributed by atoms with Gasteiger partial charge in [0.05, 0.1) is 15.7 Å². The van der Waals surface area contributed by atoms with Gasteiger partial charge < -0.3 is 9.52 Å². The number of rotatable bonds is 8. The second-order valence-electron chi connectivity index (χ2n) is 8.71. The Morgan fingerprint density at radius 2 is 1.61 bits per heavy atom. The van der Waals surface area contributed by atoms with Crippen molar-refractivity contribution in [2.45, 2.75) is 22.5 Å². The van der Waals surface area contributed by atoms with Gasteiger partial charge in [-0.05, 0) is 41.5 Å². The van der Waals surface area contributed by atoms with E-state index in [0.717, 1.165) is 38.6 Å². The Labute approximate surface area is 213 Å². The third-order valence-electron chi connectivity index (χ3n) is 6.15. The Morgan fingerprint density at radius 1 is 0.889 bits per heavy atom. The molecular formula is C29H24O5S2. The van der Waals surface area contributed by atoms with Gasteiger partial charge in [0.1, 0.15) is 11.2 Å². The molecule has 5 rings (SSSR count). The SMILES string of the molecule is CC(CSCc1cccc(S(=O)(=O)c2ccc(-c3cccc4c3oc3ccccc34)cc2)c1)C(=O)O. The first-order valence-corrected chi connectivity index (χ1v) is 14.1. The highest BCUT2D eigenvalue weighted by Gasteiger charge is 2.19. The molecule has 5 nitrogen and oxygen atoms in total. The quantitative estimate of drug-likeness (QED) is 0.238. The minimum atomic E-state index is -3.71. The van der Waals surface area contributed by atoms with E-state index in [1.165, 1.54) is 11.8 Å². The summed E-state index contributed by atoms with van der Waals surface area (Å²) in [6.45, 7) is 1.66. The number of furan rings is 1. The van der Waals surface area contributed by atoms with Gasteiger partial charge in [-0.25, -0.2) is 8.42 Å². The van der Waals surface area contributed by atoms with Crippen LogP contribution in [0.3, 0.4) is 0 Å². The number of aliphatic carboxylic acids is 1. The van der Waals surface area contributed by atoms with Crippen LogP contribution in [0.4, 0.5) is 0 Å². The van der Waals surface area contributed by atoms with Crippen molar-refractivity contribution in [2.24, 2.45) is 5.92 Å². The first-order chi connectivity index (χ1) is 17.3. The zero-order chi connectivity index (χ0) is 25.3. The smallest absolute Gasteiger partial charge is 0.307 e. The van der Waals surface area contributed by atoms with E-state index in [4.69, 9.17) is 9.52 Å². The van der Waals surface area contributed by atoms with E-state index in [1.54, 1.807) is 37.3 Å². The van der Waals surface area contributed by atoms with Crippen LogP contribution in [0.25, 0.3) is 33.1 Å². The number of hydrogen-bond acceptors (Lipinski definition) is 5. The fourth-order valence-electron chi connectivity index (χ4n) is 4.15. The van der Waals surface area contributed by atoms with Gasteiger partial charge in [-0.1, -0.05) is 67.6 Å². The number of carboxylic acid groups (broad SMARTS) is 1. The van der Waals surface area contributed by atoms with Gasteiger partial charge in [0, 0.05) is 27.8 Å². The molecule has 1 aromatic heterocycles. The third kappa shape index (κ3) is 4.64. The van der Waals surface area contributed by atoms with Crippen molar-refractivity contribution in [1.29, 1.82) is 0 Å². The Morgan fingerprint density at radius 3 is 2.39 bits per heavy atom. The summed E-state index contributed by atoms with van der Waals surface area (Å²) in [5.41, 5.74) is 4.21. The molecule has 0 saturated heterocycles. The summed E-state index contributed by atoms with van der Waals surface area (Å²) in [4.78, 5) is 11.4. The zero-order valence-corrected chi connectivity index (χ0v) is 21.2. The molecule has 0 fully saturated rings. The second-order valence-corrected chi connectivity index (χ2v) is 11.7. The largest absolute Gasteiger partial charge is 0.481 e. The standard InChI is InChI=1S/C29H24O5S2/c1-19(29(30)31)17-35-18-20-6-4-7-23(16-20)36(32,33)22-14-12-21(13-15-22)24-9-5-10-26-25-8-2-3-11-27(25)34-28(24)26/h2-16,19H,17-18H2,1H3,(H,30,31). The van der Waals surface area contributed by atoms with Crippen LogP contribution in [0.5, 0.6) is 0 Å². The van der Waals surface area contributed by atoms with Crippen LogP contribution in [0.15, 0.2) is 105 Å². The van der Waals surface area contributed by atoms with Crippen LogP contribution >= 0.6 is 11.8 Å². The van der Waals surface area contributed by atoms with E-state index in [1.807, 2.05) is 60.7 Å². The molecule has 1 unspecified atom stereocenters. The number of sulfone groups is 1. The van der Waals surface area contributed by atoms with Crippen molar-refractivity contribution < 1.29 is 22.7 Å². The summed E-state index contributed by atoms with van der Waals surface area (Å²) in [6.07, 6.45) is 0. The Kier molecular flexibility index (Phi) is 6.60. The topological polar surface area (TPSA) is 84.6 Å². The van der Waals surface area contributed by atoms with Crippen LogP contribution in [0.1, 0.15) is 12.5 Å². The monoisotopic (exact) mass is 516 g/mol.